The van der Waals surface area contributed by atoms with Crippen molar-refractivity contribution in [3.8, 4) is 0 Å². The Morgan fingerprint density at radius 2 is 1.69 bits per heavy atom. The van der Waals surface area contributed by atoms with Gasteiger partial charge in [-0.3, -0.25) is 0 Å². The van der Waals surface area contributed by atoms with Gasteiger partial charge >= 0.3 is 0 Å². The predicted molar refractivity (Wildman–Crippen MR) is 77.9 cm³/mol. The van der Waals surface area contributed by atoms with Crippen LogP contribution in [0.4, 0.5) is 0 Å². The lowest BCUT2D eigenvalue weighted by molar-refractivity contribution is 0.321. The first-order chi connectivity index (χ1) is 7.31. The highest BCUT2D eigenvalue weighted by Gasteiger charge is 2.27. The molecule has 16 heavy (non-hydrogen) atoms. The van der Waals surface area contributed by atoms with E-state index in [2.05, 4.69) is 34.6 Å². The van der Waals surface area contributed by atoms with E-state index in [1.54, 1.807) is 0 Å². The largest absolute Gasteiger partial charge is 0.116 e. The summed E-state index contributed by atoms with van der Waals surface area (Å²) in [6.07, 6.45) is 10.3. The van der Waals surface area contributed by atoms with E-state index in [1.165, 1.54) is 53.3 Å². The lowest BCUT2D eigenvalue weighted by atomic mass is 9.86. The number of hydrogen-bond donors (Lipinski definition) is 0. The molecule has 0 spiro atoms. The molecule has 0 bridgehead atoms. The minimum atomic E-state index is 0.511. The van der Waals surface area contributed by atoms with E-state index in [0.717, 1.165) is 5.92 Å². The van der Waals surface area contributed by atoms with Crippen LogP contribution < -0.4 is 0 Å². The van der Waals surface area contributed by atoms with Gasteiger partial charge in [-0.15, -0.1) is 8.58 Å². The van der Waals surface area contributed by atoms with Gasteiger partial charge < -0.3 is 0 Å². The molecule has 0 N–H and O–H groups in total. The van der Waals surface area contributed by atoms with E-state index in [9.17, 15) is 0 Å². The lowest BCUT2D eigenvalue weighted by Crippen LogP contribution is -2.24. The number of hydrogen-bond acceptors (Lipinski definition) is 0. The highest BCUT2D eigenvalue weighted by Crippen LogP contribution is 2.45. The second-order valence-electron chi connectivity index (χ2n) is 7.37. The van der Waals surface area contributed by atoms with Gasteiger partial charge in [-0.1, -0.05) is 53.9 Å². The Bertz CT molecular complexity index is 196. The molecule has 0 aromatic heterocycles. The summed E-state index contributed by atoms with van der Waals surface area (Å²) < 4.78 is 0. The molecule has 0 aromatic carbocycles. The van der Waals surface area contributed by atoms with Gasteiger partial charge in [0.25, 0.3) is 0 Å². The Morgan fingerprint density at radius 3 is 2.19 bits per heavy atom. The topological polar surface area (TPSA) is 0 Å². The van der Waals surface area contributed by atoms with Crippen molar-refractivity contribution in [2.24, 2.45) is 11.3 Å². The van der Waals surface area contributed by atoms with Gasteiger partial charge in [0.15, 0.2) is 0 Å². The first-order valence-electron chi connectivity index (χ1n) is 7.06. The van der Waals surface area contributed by atoms with E-state index in [0.29, 0.717) is 10.6 Å². The standard InChI is InChI=1S/C15H31P/c1-13(11-14(2,3)4)12-16-15(5)9-7-6-8-10-15/h13,16H,6-12H2,1-5H3. The maximum atomic E-state index is 2.54. The summed E-state index contributed by atoms with van der Waals surface area (Å²) in [7, 11) is 1.20. The number of rotatable bonds is 4. The summed E-state index contributed by atoms with van der Waals surface area (Å²) in [5, 5.41) is 0.713. The van der Waals surface area contributed by atoms with Gasteiger partial charge in [0.1, 0.15) is 0 Å². The van der Waals surface area contributed by atoms with Gasteiger partial charge in [0, 0.05) is 0 Å². The first-order valence-corrected chi connectivity index (χ1v) is 8.27. The zero-order chi connectivity index (χ0) is 12.2. The Kier molecular flexibility index (Phi) is 5.30. The summed E-state index contributed by atoms with van der Waals surface area (Å²) in [6.45, 7) is 12.1. The second kappa shape index (κ2) is 5.85. The van der Waals surface area contributed by atoms with Crippen LogP contribution in [0.2, 0.25) is 0 Å². The van der Waals surface area contributed by atoms with Crippen LogP contribution in [-0.2, 0) is 0 Å². The molecule has 1 aliphatic rings. The quantitative estimate of drug-likeness (QED) is 0.574. The van der Waals surface area contributed by atoms with Gasteiger partial charge in [0.05, 0.1) is 0 Å². The van der Waals surface area contributed by atoms with Crippen molar-refractivity contribution in [1.82, 2.24) is 0 Å². The van der Waals surface area contributed by atoms with Crippen molar-refractivity contribution in [3.63, 3.8) is 0 Å². The summed E-state index contributed by atoms with van der Waals surface area (Å²) in [4.78, 5) is 0. The van der Waals surface area contributed by atoms with Crippen LogP contribution in [0.15, 0.2) is 0 Å². The highest BCUT2D eigenvalue weighted by atomic mass is 31.1. The molecule has 0 amide bonds. The monoisotopic (exact) mass is 242 g/mol. The van der Waals surface area contributed by atoms with Crippen LogP contribution in [0.1, 0.15) is 73.1 Å². The van der Waals surface area contributed by atoms with Crippen molar-refractivity contribution in [3.05, 3.63) is 0 Å². The van der Waals surface area contributed by atoms with E-state index < -0.39 is 0 Å². The average molecular weight is 242 g/mol. The fourth-order valence-electron chi connectivity index (χ4n) is 3.05. The zero-order valence-corrected chi connectivity index (χ0v) is 13.0. The van der Waals surface area contributed by atoms with Crippen molar-refractivity contribution >= 4 is 8.58 Å². The third kappa shape index (κ3) is 5.67. The molecule has 0 heterocycles. The average Bonchev–Trinajstić information content (AvgIpc) is 2.14. The normalized spacial score (nSPS) is 23.8. The van der Waals surface area contributed by atoms with E-state index in [1.807, 2.05) is 0 Å². The molecular weight excluding hydrogens is 211 g/mol. The van der Waals surface area contributed by atoms with Gasteiger partial charge in [-0.25, -0.2) is 0 Å². The van der Waals surface area contributed by atoms with Crippen molar-refractivity contribution in [2.45, 2.75) is 78.3 Å². The fraction of sp³-hybridized carbons (Fsp3) is 1.00. The van der Waals surface area contributed by atoms with Gasteiger partial charge in [0.2, 0.25) is 0 Å². The molecule has 2 unspecified atom stereocenters. The predicted octanol–water partition coefficient (Wildman–Crippen LogP) is 5.46. The van der Waals surface area contributed by atoms with Crippen molar-refractivity contribution < 1.29 is 0 Å². The van der Waals surface area contributed by atoms with Crippen molar-refractivity contribution in [2.75, 3.05) is 6.16 Å². The van der Waals surface area contributed by atoms with E-state index in [4.69, 9.17) is 0 Å². The zero-order valence-electron chi connectivity index (χ0n) is 12.0. The van der Waals surface area contributed by atoms with Crippen LogP contribution in [0.5, 0.6) is 0 Å². The van der Waals surface area contributed by atoms with Crippen LogP contribution in [0.25, 0.3) is 0 Å². The van der Waals surface area contributed by atoms with Crippen molar-refractivity contribution in [1.29, 1.82) is 0 Å². The van der Waals surface area contributed by atoms with Crippen LogP contribution in [0, 0.1) is 11.3 Å². The Balaban J connectivity index is 2.27. The molecule has 0 radical (unpaired) electrons. The molecule has 1 heteroatoms. The smallest absolute Gasteiger partial charge is 0.0150 e. The van der Waals surface area contributed by atoms with Gasteiger partial charge in [-0.2, -0.15) is 0 Å². The van der Waals surface area contributed by atoms with Crippen LogP contribution in [0.3, 0.4) is 0 Å². The maximum absolute atomic E-state index is 2.54. The molecule has 0 saturated heterocycles. The Hall–Kier alpha value is 0.430. The van der Waals surface area contributed by atoms with Crippen LogP contribution >= 0.6 is 8.58 Å². The summed E-state index contributed by atoms with van der Waals surface area (Å²) in [5.41, 5.74) is 0.511. The first kappa shape index (κ1) is 14.5. The lowest BCUT2D eigenvalue weighted by Gasteiger charge is -2.35. The molecule has 0 aromatic rings. The molecule has 1 saturated carbocycles. The van der Waals surface area contributed by atoms with Crippen LogP contribution in [-0.4, -0.2) is 11.3 Å². The second-order valence-corrected chi connectivity index (χ2v) is 9.34. The minimum absolute atomic E-state index is 0.511. The fourth-order valence-corrected chi connectivity index (χ4v) is 4.74. The maximum Gasteiger partial charge on any atom is -0.0150 e. The third-order valence-electron chi connectivity index (χ3n) is 3.80. The molecule has 1 rings (SSSR count). The summed E-state index contributed by atoms with van der Waals surface area (Å²) >= 11 is 0. The Labute approximate surface area is 105 Å². The minimum Gasteiger partial charge on any atom is -0.116 e. The molecule has 1 fully saturated rings. The molecule has 1 aliphatic carbocycles. The Morgan fingerprint density at radius 1 is 1.12 bits per heavy atom. The van der Waals surface area contributed by atoms with E-state index >= 15 is 0 Å². The van der Waals surface area contributed by atoms with Gasteiger partial charge in [-0.05, 0) is 41.9 Å². The van der Waals surface area contributed by atoms with E-state index in [-0.39, 0.29) is 0 Å². The SMILES string of the molecule is CC(CPC1(C)CCCCC1)CC(C)(C)C. The molecule has 96 valence electrons. The highest BCUT2D eigenvalue weighted by molar-refractivity contribution is 7.40. The molecule has 0 aliphatic heterocycles. The molecular formula is C15H31P. The third-order valence-corrected chi connectivity index (χ3v) is 6.05. The molecule has 0 nitrogen and oxygen atoms in total. The molecule has 2 atom stereocenters. The summed E-state index contributed by atoms with van der Waals surface area (Å²) in [5.74, 6) is 0.914. The summed E-state index contributed by atoms with van der Waals surface area (Å²) in [6, 6.07) is 0.